The first-order valence-electron chi connectivity index (χ1n) is 10.6. The number of ketones is 1. The molecular weight excluding hydrogens is 344 g/mol. The van der Waals surface area contributed by atoms with Crippen molar-refractivity contribution in [3.05, 3.63) is 0 Å². The lowest BCUT2D eigenvalue weighted by molar-refractivity contribution is -0.213. The van der Waals surface area contributed by atoms with Gasteiger partial charge in [0.15, 0.2) is 0 Å². The third kappa shape index (κ3) is 2.79. The second-order valence-electron chi connectivity index (χ2n) is 10.0. The van der Waals surface area contributed by atoms with Crippen LogP contribution in [0.5, 0.6) is 0 Å². The molecule has 5 nitrogen and oxygen atoms in total. The molecule has 8 atom stereocenters. The number of esters is 1. The summed E-state index contributed by atoms with van der Waals surface area (Å²) in [6.07, 6.45) is 3.53. The highest BCUT2D eigenvalue weighted by Crippen LogP contribution is 2.68. The summed E-state index contributed by atoms with van der Waals surface area (Å²) in [4.78, 5) is 25.2. The van der Waals surface area contributed by atoms with Crippen molar-refractivity contribution >= 4 is 11.8 Å². The van der Waals surface area contributed by atoms with Gasteiger partial charge in [-0.15, -0.1) is 0 Å². The van der Waals surface area contributed by atoms with Crippen molar-refractivity contribution in [3.63, 3.8) is 0 Å². The minimum absolute atomic E-state index is 0.0280. The molecule has 3 fully saturated rings. The van der Waals surface area contributed by atoms with Crippen LogP contribution in [0, 0.1) is 34.0 Å². The average molecular weight is 381 g/mol. The molecule has 0 aromatic heterocycles. The molecule has 27 heavy (non-hydrogen) atoms. The molecular formula is C22H36O5. The molecule has 2 N–H and O–H groups in total. The van der Waals surface area contributed by atoms with Crippen LogP contribution in [0.1, 0.15) is 73.1 Å². The van der Waals surface area contributed by atoms with E-state index in [0.717, 1.165) is 25.7 Å². The van der Waals surface area contributed by atoms with E-state index in [2.05, 4.69) is 34.6 Å². The number of carbonyl (C=O) groups excluding carboxylic acids is 2. The minimum Gasteiger partial charge on any atom is -0.460 e. The molecule has 0 aromatic carbocycles. The SMILES string of the molecule is CC[C@]1(C)C[C@@H](OC(=O)CO)[C@@]2(C)[C@H](C)CC[C@]3(CCC(=O)[C@H]32)[C@@H](C)[C@@H]1O. The van der Waals surface area contributed by atoms with Crippen molar-refractivity contribution in [2.24, 2.45) is 34.0 Å². The van der Waals surface area contributed by atoms with E-state index in [1.165, 1.54) is 0 Å². The summed E-state index contributed by atoms with van der Waals surface area (Å²) in [5.74, 6) is -0.320. The quantitative estimate of drug-likeness (QED) is 0.735. The standard InChI is InChI=1S/C22H36O5/c1-6-20(4)11-16(27-17(25)12-23)21(5)13(2)7-9-22(14(3)19(20)26)10-8-15(24)18(21)22/h13-14,16,18-19,23,26H,6-12H2,1-5H3/t13-,14+,16-,18+,19+,20-,21-,22+/m1/s1. The van der Waals surface area contributed by atoms with E-state index in [0.29, 0.717) is 12.8 Å². The van der Waals surface area contributed by atoms with Crippen molar-refractivity contribution in [1.29, 1.82) is 0 Å². The topological polar surface area (TPSA) is 83.8 Å². The highest BCUT2D eigenvalue weighted by Gasteiger charge is 2.68. The molecule has 3 aliphatic carbocycles. The number of hydrogen-bond donors (Lipinski definition) is 2. The Kier molecular flexibility index (Phi) is 5.26. The largest absolute Gasteiger partial charge is 0.460 e. The smallest absolute Gasteiger partial charge is 0.332 e. The van der Waals surface area contributed by atoms with Crippen LogP contribution in [0.4, 0.5) is 0 Å². The zero-order chi connectivity index (χ0) is 20.2. The Balaban J connectivity index is 2.19. The minimum atomic E-state index is -0.660. The van der Waals surface area contributed by atoms with Gasteiger partial charge >= 0.3 is 5.97 Å². The van der Waals surface area contributed by atoms with Gasteiger partial charge in [-0.1, -0.05) is 34.6 Å². The Hall–Kier alpha value is -0.940. The number of ether oxygens (including phenoxy) is 1. The Labute approximate surface area is 162 Å². The van der Waals surface area contributed by atoms with E-state index in [4.69, 9.17) is 4.74 Å². The van der Waals surface area contributed by atoms with Crippen molar-refractivity contribution in [1.82, 2.24) is 0 Å². The Bertz CT molecular complexity index is 618. The Morgan fingerprint density at radius 3 is 2.52 bits per heavy atom. The van der Waals surface area contributed by atoms with Gasteiger partial charge in [-0.25, -0.2) is 4.79 Å². The number of aliphatic hydroxyl groups excluding tert-OH is 2. The maximum absolute atomic E-state index is 13.1. The Morgan fingerprint density at radius 1 is 1.26 bits per heavy atom. The first-order chi connectivity index (χ1) is 12.6. The van der Waals surface area contributed by atoms with E-state index in [9.17, 15) is 19.8 Å². The first kappa shape index (κ1) is 20.8. The lowest BCUT2D eigenvalue weighted by atomic mass is 9.43. The van der Waals surface area contributed by atoms with Crippen LogP contribution in [0.3, 0.4) is 0 Å². The van der Waals surface area contributed by atoms with Crippen LogP contribution in [0.15, 0.2) is 0 Å². The molecule has 3 aliphatic rings. The van der Waals surface area contributed by atoms with E-state index < -0.39 is 35.6 Å². The molecule has 0 unspecified atom stereocenters. The summed E-state index contributed by atoms with van der Waals surface area (Å²) in [7, 11) is 0. The lowest BCUT2D eigenvalue weighted by Gasteiger charge is -2.62. The van der Waals surface area contributed by atoms with Gasteiger partial charge in [0.05, 0.1) is 6.10 Å². The monoisotopic (exact) mass is 380 g/mol. The van der Waals surface area contributed by atoms with Gasteiger partial charge in [-0.05, 0) is 54.8 Å². The second kappa shape index (κ2) is 6.84. The maximum atomic E-state index is 13.1. The molecule has 3 saturated carbocycles. The van der Waals surface area contributed by atoms with Crippen molar-refractivity contribution < 1.29 is 24.5 Å². The molecule has 154 valence electrons. The summed E-state index contributed by atoms with van der Waals surface area (Å²) in [6, 6.07) is 0. The fourth-order valence-corrected chi connectivity index (χ4v) is 6.90. The van der Waals surface area contributed by atoms with Crippen LogP contribution >= 0.6 is 0 Å². The molecule has 0 aliphatic heterocycles. The second-order valence-corrected chi connectivity index (χ2v) is 10.0. The molecule has 0 aromatic rings. The van der Waals surface area contributed by atoms with Crippen molar-refractivity contribution in [2.75, 3.05) is 6.61 Å². The molecule has 5 heteroatoms. The summed E-state index contributed by atoms with van der Waals surface area (Å²) in [6.45, 7) is 9.90. The fraction of sp³-hybridized carbons (Fsp3) is 0.909. The zero-order valence-corrected chi connectivity index (χ0v) is 17.5. The third-order valence-corrected chi connectivity index (χ3v) is 9.11. The van der Waals surface area contributed by atoms with Crippen molar-refractivity contribution in [3.8, 4) is 0 Å². The van der Waals surface area contributed by atoms with Gasteiger partial charge in [0, 0.05) is 17.8 Å². The number of rotatable bonds is 3. The normalized spacial score (nSPS) is 49.9. The average Bonchev–Trinajstić information content (AvgIpc) is 3.00. The Morgan fingerprint density at radius 2 is 1.93 bits per heavy atom. The van der Waals surface area contributed by atoms with Gasteiger partial charge < -0.3 is 14.9 Å². The van der Waals surface area contributed by atoms with Crippen LogP contribution in [-0.2, 0) is 14.3 Å². The molecule has 0 saturated heterocycles. The van der Waals surface area contributed by atoms with E-state index >= 15 is 0 Å². The summed E-state index contributed by atoms with van der Waals surface area (Å²) in [5.41, 5.74) is -1.10. The van der Waals surface area contributed by atoms with Gasteiger partial charge in [-0.2, -0.15) is 0 Å². The molecule has 2 bridgehead atoms. The fourth-order valence-electron chi connectivity index (χ4n) is 6.90. The highest BCUT2D eigenvalue weighted by atomic mass is 16.6. The van der Waals surface area contributed by atoms with Gasteiger partial charge in [-0.3, -0.25) is 4.79 Å². The summed E-state index contributed by atoms with van der Waals surface area (Å²) < 4.78 is 5.82. The summed E-state index contributed by atoms with van der Waals surface area (Å²) in [5, 5.41) is 20.7. The van der Waals surface area contributed by atoms with Crippen LogP contribution < -0.4 is 0 Å². The van der Waals surface area contributed by atoms with Crippen molar-refractivity contribution in [2.45, 2.75) is 85.4 Å². The maximum Gasteiger partial charge on any atom is 0.332 e. The summed E-state index contributed by atoms with van der Waals surface area (Å²) >= 11 is 0. The van der Waals surface area contributed by atoms with E-state index in [1.807, 2.05) is 0 Å². The highest BCUT2D eigenvalue weighted by molar-refractivity contribution is 5.85. The molecule has 0 heterocycles. The first-order valence-corrected chi connectivity index (χ1v) is 10.6. The number of carbonyl (C=O) groups is 2. The predicted octanol–water partition coefficient (Wildman–Crippen LogP) is 3.11. The lowest BCUT2D eigenvalue weighted by Crippen LogP contribution is -2.63. The van der Waals surface area contributed by atoms with Crippen LogP contribution in [-0.4, -0.2) is 40.8 Å². The van der Waals surface area contributed by atoms with E-state index in [1.54, 1.807) is 0 Å². The van der Waals surface area contributed by atoms with Gasteiger partial charge in [0.1, 0.15) is 18.5 Å². The van der Waals surface area contributed by atoms with E-state index in [-0.39, 0.29) is 29.0 Å². The number of aliphatic hydroxyl groups is 2. The molecule has 0 spiro atoms. The zero-order valence-electron chi connectivity index (χ0n) is 17.5. The van der Waals surface area contributed by atoms with Crippen LogP contribution in [0.2, 0.25) is 0 Å². The molecule has 3 rings (SSSR count). The molecule has 0 radical (unpaired) electrons. The van der Waals surface area contributed by atoms with Gasteiger partial charge in [0.25, 0.3) is 0 Å². The third-order valence-electron chi connectivity index (χ3n) is 9.11. The molecule has 0 amide bonds. The van der Waals surface area contributed by atoms with Crippen LogP contribution in [0.25, 0.3) is 0 Å². The number of Topliss-reactive ketones (excluding diaryl/α,β-unsaturated/α-hetero) is 1. The predicted molar refractivity (Wildman–Crippen MR) is 102 cm³/mol. The van der Waals surface area contributed by atoms with Gasteiger partial charge in [0.2, 0.25) is 0 Å². The number of hydrogen-bond acceptors (Lipinski definition) is 5.